The highest BCUT2D eigenvalue weighted by Crippen LogP contribution is 2.01. The first-order valence-electron chi connectivity index (χ1n) is 6.21. The smallest absolute Gasteiger partial charge is 0.326 e. The highest BCUT2D eigenvalue weighted by atomic mass is 16.4. The van der Waals surface area contributed by atoms with Crippen molar-refractivity contribution in [2.45, 2.75) is 45.6 Å². The molecule has 0 bridgehead atoms. The van der Waals surface area contributed by atoms with Gasteiger partial charge in [0.15, 0.2) is 0 Å². The molecule has 0 aromatic rings. The number of rotatable bonds is 9. The van der Waals surface area contributed by atoms with E-state index in [9.17, 15) is 9.59 Å². The fourth-order valence-corrected chi connectivity index (χ4v) is 1.61. The second kappa shape index (κ2) is 8.98. The lowest BCUT2D eigenvalue weighted by atomic mass is 10.1. The molecule has 17 heavy (non-hydrogen) atoms. The van der Waals surface area contributed by atoms with Gasteiger partial charge in [-0.1, -0.05) is 26.7 Å². The van der Waals surface area contributed by atoms with Gasteiger partial charge in [0.1, 0.15) is 6.04 Å². The number of hydrogen-bond acceptors (Lipinski definition) is 3. The quantitative estimate of drug-likeness (QED) is 0.637. The third-order valence-corrected chi connectivity index (χ3v) is 2.50. The van der Waals surface area contributed by atoms with Crippen LogP contribution in [0.15, 0.2) is 0 Å². The molecule has 0 saturated carbocycles. The molecule has 100 valence electrons. The second-order valence-corrected chi connectivity index (χ2v) is 4.34. The number of carboxylic acid groups (broad SMARTS) is 1. The van der Waals surface area contributed by atoms with Gasteiger partial charge in [0.2, 0.25) is 5.91 Å². The van der Waals surface area contributed by atoms with Gasteiger partial charge >= 0.3 is 5.97 Å². The summed E-state index contributed by atoms with van der Waals surface area (Å²) in [6.45, 7) is 5.12. The van der Waals surface area contributed by atoms with Crippen molar-refractivity contribution >= 4 is 11.9 Å². The number of carboxylic acids is 1. The zero-order chi connectivity index (χ0) is 13.3. The van der Waals surface area contributed by atoms with Crippen LogP contribution in [-0.4, -0.2) is 48.1 Å². The average Bonchev–Trinajstić information content (AvgIpc) is 2.23. The van der Waals surface area contributed by atoms with Crippen molar-refractivity contribution in [1.29, 1.82) is 0 Å². The van der Waals surface area contributed by atoms with Crippen molar-refractivity contribution in [3.05, 3.63) is 0 Å². The van der Waals surface area contributed by atoms with Crippen LogP contribution in [-0.2, 0) is 9.59 Å². The van der Waals surface area contributed by atoms with Crippen LogP contribution in [0.4, 0.5) is 0 Å². The number of likely N-dealkylation sites (N-methyl/N-ethyl adjacent to an activating group) is 1. The first-order valence-corrected chi connectivity index (χ1v) is 6.21. The third-order valence-electron chi connectivity index (χ3n) is 2.50. The van der Waals surface area contributed by atoms with E-state index in [-0.39, 0.29) is 12.5 Å². The van der Waals surface area contributed by atoms with Gasteiger partial charge in [0.05, 0.1) is 6.54 Å². The van der Waals surface area contributed by atoms with Crippen LogP contribution in [0.5, 0.6) is 0 Å². The van der Waals surface area contributed by atoms with Gasteiger partial charge in [-0.25, -0.2) is 4.79 Å². The number of unbranched alkanes of at least 4 members (excludes halogenated alkanes) is 1. The van der Waals surface area contributed by atoms with Crippen molar-refractivity contribution in [1.82, 2.24) is 10.2 Å². The van der Waals surface area contributed by atoms with E-state index in [0.29, 0.717) is 6.42 Å². The highest BCUT2D eigenvalue weighted by Gasteiger charge is 2.19. The summed E-state index contributed by atoms with van der Waals surface area (Å²) in [5.74, 6) is -1.17. The van der Waals surface area contributed by atoms with Gasteiger partial charge in [-0.15, -0.1) is 0 Å². The molecule has 0 aromatic heterocycles. The molecule has 0 spiro atoms. The Bertz CT molecular complexity index is 244. The molecule has 0 rings (SSSR count). The maximum atomic E-state index is 11.6. The topological polar surface area (TPSA) is 69.6 Å². The summed E-state index contributed by atoms with van der Waals surface area (Å²) in [5, 5.41) is 11.5. The predicted molar refractivity (Wildman–Crippen MR) is 66.9 cm³/mol. The van der Waals surface area contributed by atoms with Gasteiger partial charge in [-0.3, -0.25) is 9.69 Å². The molecule has 1 amide bonds. The van der Waals surface area contributed by atoms with E-state index in [1.807, 2.05) is 25.8 Å². The lowest BCUT2D eigenvalue weighted by Gasteiger charge is -2.18. The molecule has 2 N–H and O–H groups in total. The lowest BCUT2D eigenvalue weighted by Crippen LogP contribution is -2.45. The summed E-state index contributed by atoms with van der Waals surface area (Å²) < 4.78 is 0. The van der Waals surface area contributed by atoms with Gasteiger partial charge in [-0.05, 0) is 26.4 Å². The van der Waals surface area contributed by atoms with Crippen LogP contribution in [0.1, 0.15) is 39.5 Å². The molecule has 1 unspecified atom stereocenters. The molecule has 1 atom stereocenters. The molecule has 5 nitrogen and oxygen atoms in total. The Morgan fingerprint density at radius 1 is 1.29 bits per heavy atom. The first-order chi connectivity index (χ1) is 8.01. The molecule has 0 fully saturated rings. The Balaban J connectivity index is 4.07. The van der Waals surface area contributed by atoms with E-state index in [1.165, 1.54) is 0 Å². The van der Waals surface area contributed by atoms with Crippen molar-refractivity contribution < 1.29 is 14.7 Å². The molecule has 0 aromatic carbocycles. The molecule has 0 saturated heterocycles. The van der Waals surface area contributed by atoms with Crippen LogP contribution in [0, 0.1) is 0 Å². The van der Waals surface area contributed by atoms with E-state index in [4.69, 9.17) is 5.11 Å². The fraction of sp³-hybridized carbons (Fsp3) is 0.833. The minimum Gasteiger partial charge on any atom is -0.480 e. The maximum absolute atomic E-state index is 11.6. The van der Waals surface area contributed by atoms with Crippen molar-refractivity contribution in [2.24, 2.45) is 0 Å². The van der Waals surface area contributed by atoms with E-state index < -0.39 is 12.0 Å². The largest absolute Gasteiger partial charge is 0.480 e. The van der Waals surface area contributed by atoms with E-state index in [0.717, 1.165) is 25.8 Å². The van der Waals surface area contributed by atoms with Crippen molar-refractivity contribution in [2.75, 3.05) is 20.1 Å². The number of carbonyl (C=O) groups excluding carboxylic acids is 1. The normalized spacial score (nSPS) is 12.5. The molecular weight excluding hydrogens is 220 g/mol. The lowest BCUT2D eigenvalue weighted by molar-refractivity contribution is -0.142. The summed E-state index contributed by atoms with van der Waals surface area (Å²) in [6, 6.07) is -0.752. The standard InChI is InChI=1S/C12H24N2O3/c1-4-6-7-10(12(16)17)13-11(15)9-14(3)8-5-2/h10H,4-9H2,1-3H3,(H,13,15)(H,16,17). The summed E-state index contributed by atoms with van der Waals surface area (Å²) in [4.78, 5) is 24.4. The van der Waals surface area contributed by atoms with Crippen molar-refractivity contribution in [3.8, 4) is 0 Å². The zero-order valence-corrected chi connectivity index (χ0v) is 11.0. The van der Waals surface area contributed by atoms with Crippen LogP contribution in [0.3, 0.4) is 0 Å². The molecule has 0 radical (unpaired) electrons. The minimum absolute atomic E-state index is 0.218. The van der Waals surface area contributed by atoms with Crippen LogP contribution in [0.2, 0.25) is 0 Å². The van der Waals surface area contributed by atoms with Crippen LogP contribution >= 0.6 is 0 Å². The Morgan fingerprint density at radius 2 is 1.94 bits per heavy atom. The van der Waals surface area contributed by atoms with Gasteiger partial charge in [0, 0.05) is 0 Å². The third kappa shape index (κ3) is 7.74. The van der Waals surface area contributed by atoms with E-state index >= 15 is 0 Å². The van der Waals surface area contributed by atoms with E-state index in [2.05, 4.69) is 5.32 Å². The zero-order valence-electron chi connectivity index (χ0n) is 11.0. The number of nitrogens with one attached hydrogen (secondary N) is 1. The Kier molecular flexibility index (Phi) is 8.40. The summed E-state index contributed by atoms with van der Waals surface area (Å²) in [5.41, 5.74) is 0. The van der Waals surface area contributed by atoms with Crippen LogP contribution < -0.4 is 5.32 Å². The molecular formula is C12H24N2O3. The average molecular weight is 244 g/mol. The van der Waals surface area contributed by atoms with Gasteiger partial charge in [0.25, 0.3) is 0 Å². The summed E-state index contributed by atoms with van der Waals surface area (Å²) >= 11 is 0. The molecule has 0 aliphatic rings. The fourth-order valence-electron chi connectivity index (χ4n) is 1.61. The predicted octanol–water partition coefficient (Wildman–Crippen LogP) is 1.09. The maximum Gasteiger partial charge on any atom is 0.326 e. The van der Waals surface area contributed by atoms with Gasteiger partial charge in [-0.2, -0.15) is 0 Å². The Labute approximate surface area is 103 Å². The number of carbonyl (C=O) groups is 2. The number of amides is 1. The summed E-state index contributed by atoms with van der Waals surface area (Å²) in [7, 11) is 1.85. The second-order valence-electron chi connectivity index (χ2n) is 4.34. The SMILES string of the molecule is CCCCC(NC(=O)CN(C)CCC)C(=O)O. The number of nitrogens with zero attached hydrogens (tertiary/aromatic N) is 1. The van der Waals surface area contributed by atoms with E-state index in [1.54, 1.807) is 0 Å². The first kappa shape index (κ1) is 15.9. The molecule has 0 aliphatic heterocycles. The monoisotopic (exact) mass is 244 g/mol. The summed E-state index contributed by atoms with van der Waals surface area (Å²) in [6.07, 6.45) is 3.20. The number of hydrogen-bond donors (Lipinski definition) is 2. The van der Waals surface area contributed by atoms with Gasteiger partial charge < -0.3 is 10.4 Å². The molecule has 0 heterocycles. The highest BCUT2D eigenvalue weighted by molar-refractivity contribution is 5.84. The van der Waals surface area contributed by atoms with Crippen LogP contribution in [0.25, 0.3) is 0 Å². The molecule has 5 heteroatoms. The Hall–Kier alpha value is -1.10. The minimum atomic E-state index is -0.954. The van der Waals surface area contributed by atoms with Crippen molar-refractivity contribution in [3.63, 3.8) is 0 Å². The number of aliphatic carboxylic acids is 1. The molecule has 0 aliphatic carbocycles. The Morgan fingerprint density at radius 3 is 2.41 bits per heavy atom.